The minimum Gasteiger partial charge on any atom is -0.478 e. The normalized spacial score (nSPS) is 10.2. The summed E-state index contributed by atoms with van der Waals surface area (Å²) in [6.07, 6.45) is 3.23. The molecular formula is C15H17N3O2. The van der Waals surface area contributed by atoms with E-state index in [0.29, 0.717) is 18.8 Å². The van der Waals surface area contributed by atoms with Crippen LogP contribution in [-0.2, 0) is 12.8 Å². The number of rotatable bonds is 6. The minimum atomic E-state index is -0.935. The SMILES string of the molecule is CCc1cc(C(=O)O)cc(NCCc2ccccn2)n1. The predicted octanol–water partition coefficient (Wildman–Crippen LogP) is 2.39. The van der Waals surface area contributed by atoms with Gasteiger partial charge in [0.05, 0.1) is 5.56 Å². The van der Waals surface area contributed by atoms with Gasteiger partial charge in [-0.15, -0.1) is 0 Å². The number of aromatic carboxylic acids is 1. The van der Waals surface area contributed by atoms with Crippen LogP contribution in [-0.4, -0.2) is 27.6 Å². The molecule has 2 aromatic heterocycles. The summed E-state index contributed by atoms with van der Waals surface area (Å²) in [4.78, 5) is 19.7. The molecule has 0 atom stereocenters. The summed E-state index contributed by atoms with van der Waals surface area (Å²) in [7, 11) is 0. The molecule has 0 aliphatic rings. The Bertz CT molecular complexity index is 585. The Hall–Kier alpha value is -2.43. The summed E-state index contributed by atoms with van der Waals surface area (Å²) < 4.78 is 0. The van der Waals surface area contributed by atoms with Crippen LogP contribution in [0, 0.1) is 0 Å². The molecule has 2 heterocycles. The van der Waals surface area contributed by atoms with Crippen LogP contribution in [0.3, 0.4) is 0 Å². The maximum atomic E-state index is 11.1. The Morgan fingerprint density at radius 2 is 2.15 bits per heavy atom. The highest BCUT2D eigenvalue weighted by molar-refractivity contribution is 5.88. The Morgan fingerprint density at radius 3 is 2.80 bits per heavy atom. The first-order valence-electron chi connectivity index (χ1n) is 6.57. The summed E-state index contributed by atoms with van der Waals surface area (Å²) in [5, 5.41) is 12.2. The van der Waals surface area contributed by atoms with Crippen molar-refractivity contribution in [1.82, 2.24) is 9.97 Å². The highest BCUT2D eigenvalue weighted by atomic mass is 16.4. The van der Waals surface area contributed by atoms with Crippen LogP contribution in [0.2, 0.25) is 0 Å². The standard InChI is InChI=1S/C15H17N3O2/c1-2-12-9-11(15(19)20)10-14(18-12)17-8-6-13-5-3-4-7-16-13/h3-5,7,9-10H,2,6,8H2,1H3,(H,17,18)(H,19,20). The van der Waals surface area contributed by atoms with E-state index in [-0.39, 0.29) is 5.56 Å². The zero-order valence-corrected chi connectivity index (χ0v) is 11.3. The van der Waals surface area contributed by atoms with Gasteiger partial charge in [0, 0.05) is 30.6 Å². The molecule has 0 saturated heterocycles. The molecule has 0 aliphatic carbocycles. The first-order valence-corrected chi connectivity index (χ1v) is 6.57. The average molecular weight is 271 g/mol. The molecule has 0 spiro atoms. The Labute approximate surface area is 117 Å². The summed E-state index contributed by atoms with van der Waals surface area (Å²) in [6, 6.07) is 8.94. The van der Waals surface area contributed by atoms with Gasteiger partial charge in [-0.25, -0.2) is 9.78 Å². The van der Waals surface area contributed by atoms with E-state index in [2.05, 4.69) is 15.3 Å². The van der Waals surface area contributed by atoms with Crippen molar-refractivity contribution in [2.75, 3.05) is 11.9 Å². The number of carbonyl (C=O) groups is 1. The molecule has 0 aromatic carbocycles. The highest BCUT2D eigenvalue weighted by Crippen LogP contribution is 2.11. The first-order chi connectivity index (χ1) is 9.69. The van der Waals surface area contributed by atoms with Crippen molar-refractivity contribution in [2.45, 2.75) is 19.8 Å². The van der Waals surface area contributed by atoms with E-state index in [4.69, 9.17) is 5.11 Å². The number of pyridine rings is 2. The molecule has 2 rings (SSSR count). The molecule has 104 valence electrons. The third-order valence-corrected chi connectivity index (χ3v) is 2.90. The number of anilines is 1. The lowest BCUT2D eigenvalue weighted by Gasteiger charge is -2.08. The van der Waals surface area contributed by atoms with Gasteiger partial charge >= 0.3 is 5.97 Å². The molecule has 0 amide bonds. The van der Waals surface area contributed by atoms with Gasteiger partial charge in [0.1, 0.15) is 5.82 Å². The first kappa shape index (κ1) is 14.0. The number of carboxylic acids is 1. The number of hydrogen-bond donors (Lipinski definition) is 2. The maximum absolute atomic E-state index is 11.1. The fourth-order valence-electron chi connectivity index (χ4n) is 1.85. The molecule has 0 radical (unpaired) electrons. The minimum absolute atomic E-state index is 0.261. The Kier molecular flexibility index (Phi) is 4.65. The second kappa shape index (κ2) is 6.65. The van der Waals surface area contributed by atoms with E-state index in [9.17, 15) is 4.79 Å². The summed E-state index contributed by atoms with van der Waals surface area (Å²) >= 11 is 0. The van der Waals surface area contributed by atoms with E-state index in [1.807, 2.05) is 25.1 Å². The highest BCUT2D eigenvalue weighted by Gasteiger charge is 2.07. The summed E-state index contributed by atoms with van der Waals surface area (Å²) in [5.74, 6) is -0.340. The monoisotopic (exact) mass is 271 g/mol. The number of nitrogens with one attached hydrogen (secondary N) is 1. The van der Waals surface area contributed by atoms with Crippen molar-refractivity contribution in [1.29, 1.82) is 0 Å². The van der Waals surface area contributed by atoms with E-state index in [0.717, 1.165) is 17.8 Å². The summed E-state index contributed by atoms with van der Waals surface area (Å²) in [6.45, 7) is 2.61. The lowest BCUT2D eigenvalue weighted by atomic mass is 10.2. The molecule has 0 aliphatic heterocycles. The number of aromatic nitrogens is 2. The molecule has 5 heteroatoms. The van der Waals surface area contributed by atoms with Gasteiger partial charge in [0.15, 0.2) is 0 Å². The van der Waals surface area contributed by atoms with Crippen LogP contribution in [0.25, 0.3) is 0 Å². The van der Waals surface area contributed by atoms with Crippen molar-refractivity contribution in [3.63, 3.8) is 0 Å². The lowest BCUT2D eigenvalue weighted by Crippen LogP contribution is -2.09. The smallest absolute Gasteiger partial charge is 0.335 e. The molecule has 0 unspecified atom stereocenters. The maximum Gasteiger partial charge on any atom is 0.335 e. The van der Waals surface area contributed by atoms with Gasteiger partial charge < -0.3 is 10.4 Å². The molecule has 0 bridgehead atoms. The number of carboxylic acid groups (broad SMARTS) is 1. The zero-order valence-electron chi connectivity index (χ0n) is 11.3. The lowest BCUT2D eigenvalue weighted by molar-refractivity contribution is 0.0696. The van der Waals surface area contributed by atoms with E-state index < -0.39 is 5.97 Å². The molecule has 2 aromatic rings. The van der Waals surface area contributed by atoms with E-state index in [1.165, 1.54) is 0 Å². The molecule has 2 N–H and O–H groups in total. The van der Waals surface area contributed by atoms with Crippen LogP contribution >= 0.6 is 0 Å². The van der Waals surface area contributed by atoms with Crippen LogP contribution in [0.5, 0.6) is 0 Å². The largest absolute Gasteiger partial charge is 0.478 e. The molecule has 20 heavy (non-hydrogen) atoms. The topological polar surface area (TPSA) is 75.1 Å². The van der Waals surface area contributed by atoms with Crippen LogP contribution in [0.1, 0.15) is 28.7 Å². The molecular weight excluding hydrogens is 254 g/mol. The number of nitrogens with zero attached hydrogens (tertiary/aromatic N) is 2. The average Bonchev–Trinajstić information content (AvgIpc) is 2.48. The van der Waals surface area contributed by atoms with Gasteiger partial charge in [-0.1, -0.05) is 13.0 Å². The fourth-order valence-corrected chi connectivity index (χ4v) is 1.85. The fraction of sp³-hybridized carbons (Fsp3) is 0.267. The molecule has 5 nitrogen and oxygen atoms in total. The summed E-state index contributed by atoms with van der Waals surface area (Å²) in [5.41, 5.74) is 2.02. The molecule has 0 fully saturated rings. The van der Waals surface area contributed by atoms with Gasteiger partial charge in [-0.2, -0.15) is 0 Å². The van der Waals surface area contributed by atoms with E-state index in [1.54, 1.807) is 18.3 Å². The number of aryl methyl sites for hydroxylation is 1. The van der Waals surface area contributed by atoms with Crippen molar-refractivity contribution < 1.29 is 9.90 Å². The van der Waals surface area contributed by atoms with Crippen LogP contribution < -0.4 is 5.32 Å². The zero-order chi connectivity index (χ0) is 14.4. The van der Waals surface area contributed by atoms with Crippen LogP contribution in [0.4, 0.5) is 5.82 Å². The van der Waals surface area contributed by atoms with Gasteiger partial charge in [0.25, 0.3) is 0 Å². The Balaban J connectivity index is 2.02. The van der Waals surface area contributed by atoms with Gasteiger partial charge in [-0.05, 0) is 30.7 Å². The quantitative estimate of drug-likeness (QED) is 0.843. The third-order valence-electron chi connectivity index (χ3n) is 2.90. The van der Waals surface area contributed by atoms with Crippen molar-refractivity contribution in [3.8, 4) is 0 Å². The predicted molar refractivity (Wildman–Crippen MR) is 77.0 cm³/mol. The van der Waals surface area contributed by atoms with Gasteiger partial charge in [0.2, 0.25) is 0 Å². The van der Waals surface area contributed by atoms with Crippen LogP contribution in [0.15, 0.2) is 36.5 Å². The van der Waals surface area contributed by atoms with Gasteiger partial charge in [-0.3, -0.25) is 4.98 Å². The molecule has 0 saturated carbocycles. The third kappa shape index (κ3) is 3.78. The van der Waals surface area contributed by atoms with Crippen molar-refractivity contribution in [3.05, 3.63) is 53.5 Å². The Morgan fingerprint density at radius 1 is 1.30 bits per heavy atom. The second-order valence-corrected chi connectivity index (χ2v) is 4.39. The van der Waals surface area contributed by atoms with Crippen molar-refractivity contribution in [2.24, 2.45) is 0 Å². The number of hydrogen-bond acceptors (Lipinski definition) is 4. The van der Waals surface area contributed by atoms with Crippen molar-refractivity contribution >= 4 is 11.8 Å². The second-order valence-electron chi connectivity index (χ2n) is 4.39. The van der Waals surface area contributed by atoms with E-state index >= 15 is 0 Å².